The minimum atomic E-state index is 0.174. The molecule has 0 N–H and O–H groups in total. The van der Waals surface area contributed by atoms with Crippen LogP contribution < -0.4 is 0 Å². The Balaban J connectivity index is 1.29. The molecule has 0 radical (unpaired) electrons. The Bertz CT molecular complexity index is 2880. The van der Waals surface area contributed by atoms with E-state index in [1.54, 1.807) is 0 Å². The Morgan fingerprint density at radius 3 is 1.09 bits per heavy atom. The van der Waals surface area contributed by atoms with Crippen LogP contribution in [0.2, 0.25) is 0 Å². The van der Waals surface area contributed by atoms with Crippen LogP contribution in [0.3, 0.4) is 0 Å². The van der Waals surface area contributed by atoms with Crippen molar-refractivity contribution in [2.45, 2.75) is 0 Å². The van der Waals surface area contributed by atoms with Crippen molar-refractivity contribution >= 4 is 76.9 Å². The van der Waals surface area contributed by atoms with E-state index in [1.807, 2.05) is 18.5 Å². The summed E-state index contributed by atoms with van der Waals surface area (Å²) < 4.78 is 2.88. The molecule has 9 aromatic carbocycles. The van der Waals surface area contributed by atoms with Gasteiger partial charge >= 0.3 is 315 Å². The van der Waals surface area contributed by atoms with E-state index in [-0.39, 0.29) is 14.5 Å². The van der Waals surface area contributed by atoms with E-state index >= 15 is 0 Å². The summed E-state index contributed by atoms with van der Waals surface area (Å²) >= 11 is 0.174. The van der Waals surface area contributed by atoms with Crippen molar-refractivity contribution in [3.05, 3.63) is 188 Å². The SMILES string of the molecule is c1ccc(-c2c3ccccc3c(-c3cccc4[se]c5cccc(-c6c7ccccc7c(-c7cccnc7)c7ccccc67)c5c34)c3ccccc23)cc1. The third-order valence-electron chi connectivity index (χ3n) is 10.9. The van der Waals surface area contributed by atoms with Crippen molar-refractivity contribution in [2.24, 2.45) is 0 Å². The molecule has 0 fully saturated rings. The zero-order valence-corrected chi connectivity index (χ0v) is 30.5. The van der Waals surface area contributed by atoms with E-state index < -0.39 is 0 Å². The molecule has 1 nitrogen and oxygen atoms in total. The first kappa shape index (κ1) is 30.3. The number of fused-ring (bicyclic) bond motifs is 7. The Morgan fingerprint density at radius 1 is 0.302 bits per heavy atom. The van der Waals surface area contributed by atoms with Gasteiger partial charge in [0.1, 0.15) is 0 Å². The Hall–Kier alpha value is -6.31. The molecule has 0 saturated heterocycles. The van der Waals surface area contributed by atoms with Crippen molar-refractivity contribution in [1.29, 1.82) is 0 Å². The molecule has 2 aromatic heterocycles. The van der Waals surface area contributed by atoms with Crippen LogP contribution in [0.1, 0.15) is 0 Å². The van der Waals surface area contributed by atoms with Crippen molar-refractivity contribution in [2.75, 3.05) is 0 Å². The molecule has 0 aliphatic rings. The van der Waals surface area contributed by atoms with Gasteiger partial charge in [-0.1, -0.05) is 0 Å². The second-order valence-corrected chi connectivity index (χ2v) is 16.0. The zero-order chi connectivity index (χ0) is 34.9. The van der Waals surface area contributed by atoms with Crippen LogP contribution in [0.15, 0.2) is 188 Å². The van der Waals surface area contributed by atoms with Crippen LogP contribution >= 0.6 is 0 Å². The van der Waals surface area contributed by atoms with Crippen LogP contribution in [0.25, 0.3) is 107 Å². The van der Waals surface area contributed by atoms with Gasteiger partial charge in [0.05, 0.1) is 0 Å². The molecule has 0 spiro atoms. The van der Waals surface area contributed by atoms with E-state index in [0.29, 0.717) is 0 Å². The molecule has 0 bridgehead atoms. The number of rotatable bonds is 4. The van der Waals surface area contributed by atoms with E-state index in [1.165, 1.54) is 101 Å². The normalized spacial score (nSPS) is 11.8. The molecule has 0 atom stereocenters. The molecular formula is C51H31NSe. The molecule has 2 heteroatoms. The summed E-state index contributed by atoms with van der Waals surface area (Å²) in [5.41, 5.74) is 10.1. The third kappa shape index (κ3) is 4.60. The van der Waals surface area contributed by atoms with Crippen molar-refractivity contribution in [3.63, 3.8) is 0 Å². The molecular weight excluding hydrogens is 706 g/mol. The number of benzene rings is 9. The number of nitrogens with zero attached hydrogens (tertiary/aromatic N) is 1. The standard InChI is InChI=1S/C51H31NSe/c1-2-15-32(16-3-1)46-34-18-4-8-22-38(34)48(39-23-9-5-19-35(39)46)42-26-12-28-44-50(42)51-43(27-13-29-45(51)53-44)49-40-24-10-6-20-36(40)47(33-17-14-30-52-31-33)37-21-7-11-25-41(37)49/h1-31H. The Kier molecular flexibility index (Phi) is 6.95. The van der Waals surface area contributed by atoms with Gasteiger partial charge in [0.25, 0.3) is 0 Å². The van der Waals surface area contributed by atoms with E-state index in [2.05, 4.69) is 175 Å². The van der Waals surface area contributed by atoms with Crippen LogP contribution in [-0.2, 0) is 0 Å². The number of hydrogen-bond acceptors (Lipinski definition) is 1. The van der Waals surface area contributed by atoms with E-state index in [4.69, 9.17) is 0 Å². The molecule has 0 amide bonds. The fourth-order valence-electron chi connectivity index (χ4n) is 8.86. The van der Waals surface area contributed by atoms with Crippen molar-refractivity contribution in [3.8, 4) is 44.5 Å². The Labute approximate surface area is 313 Å². The molecule has 11 rings (SSSR count). The van der Waals surface area contributed by atoms with Crippen LogP contribution in [0.4, 0.5) is 0 Å². The molecule has 0 unspecified atom stereocenters. The van der Waals surface area contributed by atoms with Crippen LogP contribution in [0, 0.1) is 0 Å². The number of pyridine rings is 1. The van der Waals surface area contributed by atoms with Crippen molar-refractivity contribution in [1.82, 2.24) is 4.98 Å². The summed E-state index contributed by atoms with van der Waals surface area (Å²) in [6, 6.07) is 65.1. The molecule has 53 heavy (non-hydrogen) atoms. The average Bonchev–Trinajstić information content (AvgIpc) is 3.62. The number of aromatic nitrogens is 1. The zero-order valence-electron chi connectivity index (χ0n) is 28.8. The fraction of sp³-hybridized carbons (Fsp3) is 0. The summed E-state index contributed by atoms with van der Waals surface area (Å²) in [5, 5.41) is 12.9. The predicted octanol–water partition coefficient (Wildman–Crippen LogP) is 13.7. The van der Waals surface area contributed by atoms with Gasteiger partial charge in [0.2, 0.25) is 0 Å². The first-order valence-electron chi connectivity index (χ1n) is 18.1. The van der Waals surface area contributed by atoms with Crippen LogP contribution in [0.5, 0.6) is 0 Å². The monoisotopic (exact) mass is 737 g/mol. The first-order valence-corrected chi connectivity index (χ1v) is 19.8. The van der Waals surface area contributed by atoms with Crippen LogP contribution in [-0.4, -0.2) is 19.5 Å². The van der Waals surface area contributed by atoms with E-state index in [0.717, 1.165) is 5.56 Å². The molecule has 11 aromatic rings. The second-order valence-electron chi connectivity index (χ2n) is 13.7. The van der Waals surface area contributed by atoms with Gasteiger partial charge in [0.15, 0.2) is 0 Å². The molecule has 0 aliphatic carbocycles. The molecule has 0 aliphatic heterocycles. The fourth-order valence-corrected chi connectivity index (χ4v) is 11.3. The summed E-state index contributed by atoms with van der Waals surface area (Å²) in [5.74, 6) is 0. The average molecular weight is 737 g/mol. The van der Waals surface area contributed by atoms with Gasteiger partial charge in [-0.05, 0) is 0 Å². The summed E-state index contributed by atoms with van der Waals surface area (Å²) in [6.45, 7) is 0. The van der Waals surface area contributed by atoms with Gasteiger partial charge < -0.3 is 0 Å². The van der Waals surface area contributed by atoms with Gasteiger partial charge in [-0.2, -0.15) is 0 Å². The maximum absolute atomic E-state index is 4.53. The van der Waals surface area contributed by atoms with E-state index in [9.17, 15) is 0 Å². The molecule has 2 heterocycles. The third-order valence-corrected chi connectivity index (χ3v) is 13.3. The van der Waals surface area contributed by atoms with Crippen molar-refractivity contribution < 1.29 is 0 Å². The van der Waals surface area contributed by atoms with Gasteiger partial charge in [-0.3, -0.25) is 0 Å². The first-order chi connectivity index (χ1) is 26.3. The summed E-state index contributed by atoms with van der Waals surface area (Å²) in [6.07, 6.45) is 3.85. The number of hydrogen-bond donors (Lipinski definition) is 0. The molecule has 0 saturated carbocycles. The summed E-state index contributed by atoms with van der Waals surface area (Å²) in [4.78, 5) is 4.53. The minimum absolute atomic E-state index is 0.174. The summed E-state index contributed by atoms with van der Waals surface area (Å²) in [7, 11) is 0. The predicted molar refractivity (Wildman–Crippen MR) is 228 cm³/mol. The van der Waals surface area contributed by atoms with Gasteiger partial charge in [0, 0.05) is 0 Å². The van der Waals surface area contributed by atoms with Gasteiger partial charge in [-0.15, -0.1) is 0 Å². The second kappa shape index (κ2) is 12.1. The maximum atomic E-state index is 4.53. The Morgan fingerprint density at radius 2 is 0.679 bits per heavy atom. The molecule has 246 valence electrons. The van der Waals surface area contributed by atoms with Gasteiger partial charge in [-0.25, -0.2) is 0 Å². The quantitative estimate of drug-likeness (QED) is 0.130. The topological polar surface area (TPSA) is 12.9 Å².